The number of benzene rings is 1. The Bertz CT molecular complexity index is 444. The Labute approximate surface area is 117 Å². The maximum absolute atomic E-state index is 12.3. The summed E-state index contributed by atoms with van der Waals surface area (Å²) < 4.78 is 0. The predicted octanol–water partition coefficient (Wildman–Crippen LogP) is 2.80. The number of halogens is 2. The standard InChI is InChI=1S/C13H16Cl2N2O/c1-8-7-17(3-2-12(8)16)13(18)9-4-10(14)6-11(15)5-9/h4-6,8,12H,2-3,7,16H2,1H3. The van der Waals surface area contributed by atoms with Gasteiger partial charge < -0.3 is 10.6 Å². The van der Waals surface area contributed by atoms with Gasteiger partial charge in [-0.05, 0) is 30.5 Å². The molecule has 0 saturated carbocycles. The lowest BCUT2D eigenvalue weighted by molar-refractivity contribution is 0.0664. The lowest BCUT2D eigenvalue weighted by Gasteiger charge is -2.35. The van der Waals surface area contributed by atoms with Crippen molar-refractivity contribution in [3.8, 4) is 0 Å². The second kappa shape index (κ2) is 5.47. The smallest absolute Gasteiger partial charge is 0.253 e. The van der Waals surface area contributed by atoms with Crippen LogP contribution in [-0.2, 0) is 0 Å². The summed E-state index contributed by atoms with van der Waals surface area (Å²) in [5.41, 5.74) is 6.48. The predicted molar refractivity (Wildman–Crippen MR) is 74.1 cm³/mol. The Morgan fingerprint density at radius 1 is 1.33 bits per heavy atom. The van der Waals surface area contributed by atoms with Crippen LogP contribution >= 0.6 is 23.2 Å². The van der Waals surface area contributed by atoms with Crippen molar-refractivity contribution in [3.05, 3.63) is 33.8 Å². The second-order valence-corrected chi connectivity index (χ2v) is 5.71. The molecule has 1 amide bonds. The van der Waals surface area contributed by atoms with E-state index in [0.717, 1.165) is 6.42 Å². The highest BCUT2D eigenvalue weighted by Crippen LogP contribution is 2.22. The molecule has 1 aliphatic rings. The maximum atomic E-state index is 12.3. The van der Waals surface area contributed by atoms with E-state index in [2.05, 4.69) is 6.92 Å². The molecule has 0 spiro atoms. The van der Waals surface area contributed by atoms with Crippen molar-refractivity contribution in [3.63, 3.8) is 0 Å². The first-order chi connectivity index (χ1) is 8.47. The zero-order valence-corrected chi connectivity index (χ0v) is 11.7. The van der Waals surface area contributed by atoms with Gasteiger partial charge in [0.15, 0.2) is 0 Å². The summed E-state index contributed by atoms with van der Waals surface area (Å²) in [7, 11) is 0. The highest BCUT2D eigenvalue weighted by molar-refractivity contribution is 6.35. The monoisotopic (exact) mass is 286 g/mol. The minimum absolute atomic E-state index is 0.0295. The molecule has 0 aromatic heterocycles. The Hall–Kier alpha value is -0.770. The summed E-state index contributed by atoms with van der Waals surface area (Å²) in [6.45, 7) is 3.44. The third-order valence-corrected chi connectivity index (χ3v) is 3.80. The van der Waals surface area contributed by atoms with Gasteiger partial charge in [0.2, 0.25) is 0 Å². The molecule has 1 aliphatic heterocycles. The lowest BCUT2D eigenvalue weighted by Crippen LogP contribution is -2.48. The summed E-state index contributed by atoms with van der Waals surface area (Å²) in [4.78, 5) is 14.1. The molecular formula is C13H16Cl2N2O. The van der Waals surface area contributed by atoms with Gasteiger partial charge in [-0.1, -0.05) is 30.1 Å². The van der Waals surface area contributed by atoms with Crippen LogP contribution in [0.3, 0.4) is 0 Å². The van der Waals surface area contributed by atoms with E-state index in [1.165, 1.54) is 0 Å². The van der Waals surface area contributed by atoms with E-state index in [4.69, 9.17) is 28.9 Å². The summed E-state index contributed by atoms with van der Waals surface area (Å²) in [5, 5.41) is 0.959. The minimum Gasteiger partial charge on any atom is -0.338 e. The van der Waals surface area contributed by atoms with Crippen LogP contribution in [0.5, 0.6) is 0 Å². The Kier molecular flexibility index (Phi) is 4.15. The van der Waals surface area contributed by atoms with E-state index in [9.17, 15) is 4.79 Å². The number of nitrogens with zero attached hydrogens (tertiary/aromatic N) is 1. The summed E-state index contributed by atoms with van der Waals surface area (Å²) in [6, 6.07) is 5.09. The van der Waals surface area contributed by atoms with Crippen LogP contribution in [0.1, 0.15) is 23.7 Å². The molecule has 5 heteroatoms. The Balaban J connectivity index is 2.16. The van der Waals surface area contributed by atoms with Crippen molar-refractivity contribution in [1.29, 1.82) is 0 Å². The fourth-order valence-corrected chi connectivity index (χ4v) is 2.73. The molecular weight excluding hydrogens is 271 g/mol. The number of carbonyl (C=O) groups is 1. The van der Waals surface area contributed by atoms with Gasteiger partial charge in [-0.2, -0.15) is 0 Å². The van der Waals surface area contributed by atoms with Crippen LogP contribution in [0.15, 0.2) is 18.2 Å². The minimum atomic E-state index is -0.0295. The molecule has 3 nitrogen and oxygen atoms in total. The molecule has 0 aliphatic carbocycles. The van der Waals surface area contributed by atoms with Gasteiger partial charge in [0.05, 0.1) is 0 Å². The van der Waals surface area contributed by atoms with Crippen LogP contribution in [0, 0.1) is 5.92 Å². The average Bonchev–Trinajstić information content (AvgIpc) is 2.30. The highest BCUT2D eigenvalue weighted by atomic mass is 35.5. The molecule has 2 rings (SSSR count). The number of amides is 1. The fourth-order valence-electron chi connectivity index (χ4n) is 2.21. The third kappa shape index (κ3) is 2.97. The summed E-state index contributed by atoms with van der Waals surface area (Å²) in [6.07, 6.45) is 0.835. The number of carbonyl (C=O) groups excluding carboxylic acids is 1. The van der Waals surface area contributed by atoms with Crippen molar-refractivity contribution >= 4 is 29.1 Å². The molecule has 18 heavy (non-hydrogen) atoms. The normalized spacial score (nSPS) is 24.1. The fraction of sp³-hybridized carbons (Fsp3) is 0.462. The summed E-state index contributed by atoms with van der Waals surface area (Å²) >= 11 is 11.8. The number of hydrogen-bond donors (Lipinski definition) is 1. The van der Waals surface area contributed by atoms with Crippen LogP contribution in [0.25, 0.3) is 0 Å². The maximum Gasteiger partial charge on any atom is 0.253 e. The molecule has 1 aromatic rings. The van der Waals surface area contributed by atoms with Gasteiger partial charge >= 0.3 is 0 Å². The van der Waals surface area contributed by atoms with Crippen molar-refractivity contribution in [2.75, 3.05) is 13.1 Å². The van der Waals surface area contributed by atoms with E-state index < -0.39 is 0 Å². The van der Waals surface area contributed by atoms with Crippen LogP contribution in [0.4, 0.5) is 0 Å². The third-order valence-electron chi connectivity index (χ3n) is 3.37. The number of hydrogen-bond acceptors (Lipinski definition) is 2. The van der Waals surface area contributed by atoms with Crippen LogP contribution in [-0.4, -0.2) is 29.9 Å². The molecule has 0 radical (unpaired) electrons. The largest absolute Gasteiger partial charge is 0.338 e. The first-order valence-corrected chi connectivity index (χ1v) is 6.74. The molecule has 1 heterocycles. The molecule has 98 valence electrons. The summed E-state index contributed by atoms with van der Waals surface area (Å²) in [5.74, 6) is 0.288. The molecule has 1 saturated heterocycles. The molecule has 2 atom stereocenters. The van der Waals surface area contributed by atoms with E-state index >= 15 is 0 Å². The molecule has 1 fully saturated rings. The Morgan fingerprint density at radius 3 is 2.50 bits per heavy atom. The van der Waals surface area contributed by atoms with Gasteiger partial charge in [-0.3, -0.25) is 4.79 Å². The first kappa shape index (κ1) is 13.7. The second-order valence-electron chi connectivity index (χ2n) is 4.84. The first-order valence-electron chi connectivity index (χ1n) is 5.98. The van der Waals surface area contributed by atoms with E-state index in [1.54, 1.807) is 18.2 Å². The van der Waals surface area contributed by atoms with E-state index in [-0.39, 0.29) is 11.9 Å². The molecule has 1 aromatic carbocycles. The number of likely N-dealkylation sites (tertiary alicyclic amines) is 1. The molecule has 2 unspecified atom stereocenters. The van der Waals surface area contributed by atoms with Crippen LogP contribution < -0.4 is 5.73 Å². The van der Waals surface area contributed by atoms with Crippen molar-refractivity contribution < 1.29 is 4.79 Å². The average molecular weight is 287 g/mol. The van der Waals surface area contributed by atoms with Gasteiger partial charge in [-0.15, -0.1) is 0 Å². The van der Waals surface area contributed by atoms with Gasteiger partial charge in [0.1, 0.15) is 0 Å². The number of piperidine rings is 1. The lowest BCUT2D eigenvalue weighted by atomic mass is 9.94. The van der Waals surface area contributed by atoms with Crippen molar-refractivity contribution in [1.82, 2.24) is 4.90 Å². The SMILES string of the molecule is CC1CN(C(=O)c2cc(Cl)cc(Cl)c2)CCC1N. The van der Waals surface area contributed by atoms with Crippen molar-refractivity contribution in [2.24, 2.45) is 11.7 Å². The highest BCUT2D eigenvalue weighted by Gasteiger charge is 2.27. The number of nitrogens with two attached hydrogens (primary N) is 1. The zero-order valence-electron chi connectivity index (χ0n) is 10.2. The number of rotatable bonds is 1. The zero-order chi connectivity index (χ0) is 13.3. The van der Waals surface area contributed by atoms with Crippen molar-refractivity contribution in [2.45, 2.75) is 19.4 Å². The molecule has 0 bridgehead atoms. The van der Waals surface area contributed by atoms with E-state index in [0.29, 0.717) is 34.6 Å². The Morgan fingerprint density at radius 2 is 1.94 bits per heavy atom. The van der Waals surface area contributed by atoms with Gasteiger partial charge in [-0.25, -0.2) is 0 Å². The molecule has 2 N–H and O–H groups in total. The quantitative estimate of drug-likeness (QED) is 0.863. The topological polar surface area (TPSA) is 46.3 Å². The van der Waals surface area contributed by atoms with Crippen LogP contribution in [0.2, 0.25) is 10.0 Å². The van der Waals surface area contributed by atoms with Gasteiger partial charge in [0.25, 0.3) is 5.91 Å². The van der Waals surface area contributed by atoms with Gasteiger partial charge in [0, 0.05) is 34.7 Å². The van der Waals surface area contributed by atoms with E-state index in [1.807, 2.05) is 4.90 Å².